The third-order valence-corrected chi connectivity index (χ3v) is 15.3. The molecule has 0 aromatic heterocycles. The van der Waals surface area contributed by atoms with Gasteiger partial charge in [-0.3, -0.25) is 0 Å². The van der Waals surface area contributed by atoms with Crippen LogP contribution in [0.3, 0.4) is 0 Å². The smallest absolute Gasteiger partial charge is 0.0726 e. The van der Waals surface area contributed by atoms with Gasteiger partial charge in [0.15, 0.2) is 0 Å². The van der Waals surface area contributed by atoms with Crippen molar-refractivity contribution in [3.05, 3.63) is 313 Å². The minimum Gasteiger partial charge on any atom is -0.311 e. The Kier molecular flexibility index (Phi) is 10.1. The number of benzene rings is 12. The lowest BCUT2D eigenvalue weighted by Crippen LogP contribution is -2.26. The van der Waals surface area contributed by atoms with E-state index >= 15 is 0 Å². The number of anilines is 6. The first kappa shape index (κ1) is 42.4. The highest BCUT2D eigenvalue weighted by Gasteiger charge is 2.52. The van der Waals surface area contributed by atoms with Gasteiger partial charge >= 0.3 is 0 Å². The fourth-order valence-electron chi connectivity index (χ4n) is 12.0. The van der Waals surface area contributed by atoms with Gasteiger partial charge in [-0.15, -0.1) is 0 Å². The van der Waals surface area contributed by atoms with Gasteiger partial charge in [0.25, 0.3) is 0 Å². The van der Waals surface area contributed by atoms with E-state index in [9.17, 15) is 0 Å². The molecule has 0 fully saturated rings. The van der Waals surface area contributed by atoms with Crippen LogP contribution in [0, 0.1) is 0 Å². The summed E-state index contributed by atoms with van der Waals surface area (Å²) in [6, 6.07) is 107. The van der Waals surface area contributed by atoms with E-state index in [0.717, 1.165) is 34.1 Å². The first-order valence-corrected chi connectivity index (χ1v) is 25.2. The number of rotatable bonds is 9. The quantitative estimate of drug-likeness (QED) is 0.142. The van der Waals surface area contributed by atoms with Gasteiger partial charge in [-0.25, -0.2) is 0 Å². The number of para-hydroxylation sites is 2. The zero-order valence-corrected chi connectivity index (χ0v) is 40.1. The summed E-state index contributed by atoms with van der Waals surface area (Å²) in [5.74, 6) is 0. The molecule has 12 aromatic rings. The Bertz CT molecular complexity index is 3930. The normalized spacial score (nSPS) is 12.5. The molecule has 2 nitrogen and oxygen atoms in total. The van der Waals surface area contributed by atoms with Crippen LogP contribution in [0.25, 0.3) is 66.4 Å². The van der Waals surface area contributed by atoms with E-state index in [-0.39, 0.29) is 0 Å². The molecule has 0 heterocycles. The Morgan fingerprint density at radius 3 is 1.10 bits per heavy atom. The van der Waals surface area contributed by atoms with E-state index in [2.05, 4.69) is 301 Å². The van der Waals surface area contributed by atoms with Crippen LogP contribution in [0.2, 0.25) is 0 Å². The van der Waals surface area contributed by atoms with Crippen molar-refractivity contribution in [3.8, 4) is 55.6 Å². The van der Waals surface area contributed by atoms with Crippen LogP contribution < -0.4 is 9.80 Å². The van der Waals surface area contributed by atoms with Gasteiger partial charge < -0.3 is 9.80 Å². The van der Waals surface area contributed by atoms with Crippen molar-refractivity contribution >= 4 is 44.9 Å². The van der Waals surface area contributed by atoms with Crippen molar-refractivity contribution in [2.24, 2.45) is 0 Å². The van der Waals surface area contributed by atoms with Crippen LogP contribution in [-0.4, -0.2) is 0 Å². The molecule has 1 spiro atoms. The molecular weight excluding hydrogens is 881 g/mol. The van der Waals surface area contributed by atoms with Crippen LogP contribution in [0.4, 0.5) is 34.1 Å². The Morgan fingerprint density at radius 1 is 0.219 bits per heavy atom. The summed E-state index contributed by atoms with van der Waals surface area (Å²) in [7, 11) is 0. The van der Waals surface area contributed by atoms with Crippen LogP contribution in [0.1, 0.15) is 22.3 Å². The summed E-state index contributed by atoms with van der Waals surface area (Å²) < 4.78 is 0. The van der Waals surface area contributed by atoms with Crippen molar-refractivity contribution in [2.75, 3.05) is 9.80 Å². The lowest BCUT2D eigenvalue weighted by molar-refractivity contribution is 0.794. The molecule has 0 atom stereocenters. The third kappa shape index (κ3) is 6.94. The van der Waals surface area contributed by atoms with Crippen molar-refractivity contribution in [3.63, 3.8) is 0 Å². The van der Waals surface area contributed by atoms with Gasteiger partial charge in [0.2, 0.25) is 0 Å². The van der Waals surface area contributed by atoms with Crippen molar-refractivity contribution in [1.29, 1.82) is 0 Å². The van der Waals surface area contributed by atoms with Gasteiger partial charge in [-0.05, 0) is 161 Å². The molecular formula is C71H48N2. The Labute approximate surface area is 427 Å². The summed E-state index contributed by atoms with van der Waals surface area (Å²) in [4.78, 5) is 4.73. The molecule has 2 heteroatoms. The average molecular weight is 929 g/mol. The highest BCUT2D eigenvalue weighted by Crippen LogP contribution is 2.64. The fraction of sp³-hybridized carbons (Fsp3) is 0.0141. The maximum Gasteiger partial charge on any atom is 0.0726 e. The van der Waals surface area contributed by atoms with Crippen LogP contribution >= 0.6 is 0 Å². The summed E-state index contributed by atoms with van der Waals surface area (Å²) in [5, 5.41) is 2.55. The van der Waals surface area contributed by atoms with Crippen LogP contribution in [0.15, 0.2) is 291 Å². The molecule has 0 aliphatic heterocycles. The van der Waals surface area contributed by atoms with E-state index < -0.39 is 5.41 Å². The SMILES string of the molecule is c1ccc(-c2ccc(N(c3ccccc3)c3ccc(-c4ccc(-c5ccc(N(c6ccccc6)c6ccc7c(c6)C6(c8ccccc8-c8ccccc86)c6ccc8ccccc8c6-7)cc5)cc4)cc3)cc2)cc1. The highest BCUT2D eigenvalue weighted by atomic mass is 15.1. The van der Waals surface area contributed by atoms with E-state index in [1.807, 2.05) is 0 Å². The molecule has 0 amide bonds. The summed E-state index contributed by atoms with van der Waals surface area (Å²) in [6.45, 7) is 0. The number of fused-ring (bicyclic) bond motifs is 12. The van der Waals surface area contributed by atoms with E-state index in [1.165, 1.54) is 88.7 Å². The molecule has 12 aromatic carbocycles. The second kappa shape index (κ2) is 17.4. The summed E-state index contributed by atoms with van der Waals surface area (Å²) >= 11 is 0. The molecule has 14 rings (SSSR count). The second-order valence-electron chi connectivity index (χ2n) is 19.2. The average Bonchev–Trinajstić information content (AvgIpc) is 4.05. The first-order valence-electron chi connectivity index (χ1n) is 25.2. The highest BCUT2D eigenvalue weighted by molar-refractivity contribution is 6.06. The number of nitrogens with zero attached hydrogens (tertiary/aromatic N) is 2. The molecule has 342 valence electrons. The van der Waals surface area contributed by atoms with Gasteiger partial charge in [-0.2, -0.15) is 0 Å². The largest absolute Gasteiger partial charge is 0.311 e. The Morgan fingerprint density at radius 2 is 0.589 bits per heavy atom. The molecule has 0 N–H and O–H groups in total. The van der Waals surface area contributed by atoms with Crippen molar-refractivity contribution in [1.82, 2.24) is 0 Å². The Hall–Kier alpha value is -9.50. The van der Waals surface area contributed by atoms with E-state index in [0.29, 0.717) is 0 Å². The molecule has 2 aliphatic rings. The maximum absolute atomic E-state index is 2.48. The van der Waals surface area contributed by atoms with Crippen molar-refractivity contribution in [2.45, 2.75) is 5.41 Å². The molecule has 2 aliphatic carbocycles. The minimum atomic E-state index is -0.462. The zero-order chi connectivity index (χ0) is 48.3. The number of hydrogen-bond acceptors (Lipinski definition) is 2. The van der Waals surface area contributed by atoms with Crippen LogP contribution in [0.5, 0.6) is 0 Å². The van der Waals surface area contributed by atoms with Gasteiger partial charge in [0.05, 0.1) is 5.41 Å². The third-order valence-electron chi connectivity index (χ3n) is 15.3. The monoisotopic (exact) mass is 928 g/mol. The molecule has 0 unspecified atom stereocenters. The molecule has 0 saturated heterocycles. The lowest BCUT2D eigenvalue weighted by Gasteiger charge is -2.32. The predicted molar refractivity (Wildman–Crippen MR) is 306 cm³/mol. The molecule has 0 radical (unpaired) electrons. The van der Waals surface area contributed by atoms with Gasteiger partial charge in [0.1, 0.15) is 0 Å². The van der Waals surface area contributed by atoms with Crippen molar-refractivity contribution < 1.29 is 0 Å². The van der Waals surface area contributed by atoms with E-state index in [4.69, 9.17) is 0 Å². The van der Waals surface area contributed by atoms with Crippen LogP contribution in [-0.2, 0) is 5.41 Å². The predicted octanol–water partition coefficient (Wildman–Crippen LogP) is 19.1. The molecule has 0 bridgehead atoms. The Balaban J connectivity index is 0.793. The van der Waals surface area contributed by atoms with Gasteiger partial charge in [0, 0.05) is 34.1 Å². The van der Waals surface area contributed by atoms with Gasteiger partial charge in [-0.1, -0.05) is 218 Å². The standard InChI is InChI=1S/C71H48N2/c1-4-16-49(17-5-1)52-32-39-58(40-33-52)72(56-19-6-2-7-20-56)59-41-34-53(35-42-59)50-28-30-51(31-29-50)54-36-43-60(44-37-54)73(57-21-8-3-9-22-57)61-45-46-65-69(48-61)71(68-47-38-55-18-10-11-23-62(55)70(65)68)66-26-14-12-24-63(66)64-25-13-15-27-67(64)71/h1-48H. The lowest BCUT2D eigenvalue weighted by atomic mass is 9.70. The first-order chi connectivity index (χ1) is 36.2. The summed E-state index contributed by atoms with van der Waals surface area (Å²) in [6.07, 6.45) is 0. The zero-order valence-electron chi connectivity index (χ0n) is 40.1. The fourth-order valence-corrected chi connectivity index (χ4v) is 12.0. The topological polar surface area (TPSA) is 6.48 Å². The minimum absolute atomic E-state index is 0.462. The number of hydrogen-bond donors (Lipinski definition) is 0. The van der Waals surface area contributed by atoms with E-state index in [1.54, 1.807) is 0 Å². The second-order valence-corrected chi connectivity index (χ2v) is 19.2. The molecule has 73 heavy (non-hydrogen) atoms. The summed E-state index contributed by atoms with van der Waals surface area (Å²) in [5.41, 5.74) is 23.9. The maximum atomic E-state index is 2.48. The molecule has 0 saturated carbocycles.